The van der Waals surface area contributed by atoms with Crippen LogP contribution in [-0.4, -0.2) is 16.2 Å². The van der Waals surface area contributed by atoms with E-state index in [-0.39, 0.29) is 5.54 Å². The van der Waals surface area contributed by atoms with Crippen molar-refractivity contribution in [1.29, 1.82) is 0 Å². The fourth-order valence-electron chi connectivity index (χ4n) is 1.22. The second-order valence-electron chi connectivity index (χ2n) is 4.52. The molecular formula is C11H15FN2O2S. The molecule has 0 bridgehead atoms. The maximum Gasteiger partial charge on any atom is 0.304 e. The van der Waals surface area contributed by atoms with E-state index in [2.05, 4.69) is 0 Å². The molecule has 0 spiro atoms. The summed E-state index contributed by atoms with van der Waals surface area (Å²) in [5.74, 6) is 0.543. The lowest BCUT2D eigenvalue weighted by molar-refractivity contribution is -0.387. The summed E-state index contributed by atoms with van der Waals surface area (Å²) in [6.07, 6.45) is 0. The highest BCUT2D eigenvalue weighted by molar-refractivity contribution is 7.98. The van der Waals surface area contributed by atoms with E-state index in [9.17, 15) is 14.5 Å². The van der Waals surface area contributed by atoms with Crippen molar-refractivity contribution in [2.75, 3.05) is 5.75 Å². The molecule has 6 heteroatoms. The maximum absolute atomic E-state index is 13.3. The molecule has 0 fully saturated rings. The zero-order valence-corrected chi connectivity index (χ0v) is 10.6. The molecule has 0 aliphatic rings. The Morgan fingerprint density at radius 2 is 2.18 bits per heavy atom. The molecule has 0 atom stereocenters. The molecule has 0 saturated carbocycles. The number of nitro groups is 1. The van der Waals surface area contributed by atoms with Crippen LogP contribution in [0, 0.1) is 15.9 Å². The van der Waals surface area contributed by atoms with Crippen LogP contribution in [0.5, 0.6) is 0 Å². The van der Waals surface area contributed by atoms with Gasteiger partial charge in [0.1, 0.15) is 0 Å². The quantitative estimate of drug-likeness (QED) is 0.651. The molecule has 0 unspecified atom stereocenters. The van der Waals surface area contributed by atoms with Gasteiger partial charge in [-0.25, -0.2) is 0 Å². The molecule has 4 nitrogen and oxygen atoms in total. The van der Waals surface area contributed by atoms with E-state index in [0.717, 1.165) is 11.3 Å². The second-order valence-corrected chi connectivity index (χ2v) is 5.51. The second kappa shape index (κ2) is 5.46. The number of benzene rings is 1. The predicted molar refractivity (Wildman–Crippen MR) is 67.5 cm³/mol. The van der Waals surface area contributed by atoms with Crippen molar-refractivity contribution in [1.82, 2.24) is 0 Å². The minimum Gasteiger partial charge on any atom is -0.325 e. The minimum atomic E-state index is -0.792. The van der Waals surface area contributed by atoms with Crippen molar-refractivity contribution in [3.8, 4) is 0 Å². The van der Waals surface area contributed by atoms with Crippen LogP contribution in [0.1, 0.15) is 19.4 Å². The highest BCUT2D eigenvalue weighted by atomic mass is 32.2. The number of hydrogen-bond acceptors (Lipinski definition) is 4. The van der Waals surface area contributed by atoms with Gasteiger partial charge in [0.2, 0.25) is 5.82 Å². The van der Waals surface area contributed by atoms with Gasteiger partial charge in [-0.05, 0) is 25.5 Å². The number of thioether (sulfide) groups is 1. The van der Waals surface area contributed by atoms with E-state index >= 15 is 0 Å². The first-order chi connectivity index (χ1) is 7.79. The molecule has 0 aromatic heterocycles. The molecule has 1 aromatic carbocycles. The third-order valence-electron chi connectivity index (χ3n) is 1.95. The molecule has 0 heterocycles. The Kier molecular flexibility index (Phi) is 4.47. The van der Waals surface area contributed by atoms with E-state index in [4.69, 9.17) is 5.73 Å². The minimum absolute atomic E-state index is 0.274. The molecule has 0 aliphatic heterocycles. The van der Waals surface area contributed by atoms with Crippen molar-refractivity contribution in [3.63, 3.8) is 0 Å². The van der Waals surface area contributed by atoms with Crippen molar-refractivity contribution in [2.24, 2.45) is 5.73 Å². The Labute approximate surface area is 104 Å². The van der Waals surface area contributed by atoms with Crippen LogP contribution in [0.15, 0.2) is 18.2 Å². The first-order valence-electron chi connectivity index (χ1n) is 5.09. The lowest BCUT2D eigenvalue weighted by atomic mass is 10.1. The molecule has 0 radical (unpaired) electrons. The average molecular weight is 258 g/mol. The van der Waals surface area contributed by atoms with Crippen molar-refractivity contribution < 1.29 is 9.31 Å². The Bertz CT molecular complexity index is 418. The topological polar surface area (TPSA) is 69.2 Å². The van der Waals surface area contributed by atoms with Crippen LogP contribution in [0.2, 0.25) is 0 Å². The van der Waals surface area contributed by atoms with Crippen LogP contribution >= 0.6 is 11.8 Å². The van der Waals surface area contributed by atoms with Gasteiger partial charge in [0, 0.05) is 23.1 Å². The van der Waals surface area contributed by atoms with Gasteiger partial charge in [0.15, 0.2) is 0 Å². The molecule has 2 N–H and O–H groups in total. The summed E-state index contributed by atoms with van der Waals surface area (Å²) in [7, 11) is 0. The number of rotatable bonds is 5. The van der Waals surface area contributed by atoms with E-state index < -0.39 is 16.4 Å². The molecule has 17 heavy (non-hydrogen) atoms. The summed E-state index contributed by atoms with van der Waals surface area (Å²) in [6.45, 7) is 3.83. The number of nitro benzene ring substituents is 1. The van der Waals surface area contributed by atoms with Crippen LogP contribution in [0.3, 0.4) is 0 Å². The Morgan fingerprint density at radius 1 is 1.53 bits per heavy atom. The Morgan fingerprint density at radius 3 is 2.65 bits per heavy atom. The van der Waals surface area contributed by atoms with Gasteiger partial charge < -0.3 is 5.73 Å². The van der Waals surface area contributed by atoms with E-state index in [0.29, 0.717) is 5.75 Å². The average Bonchev–Trinajstić information content (AvgIpc) is 2.15. The summed E-state index contributed by atoms with van der Waals surface area (Å²) in [5.41, 5.74) is 5.77. The number of nitrogens with zero attached hydrogens (tertiary/aromatic N) is 1. The Hall–Kier alpha value is -1.14. The Balaban J connectivity index is 2.62. The van der Waals surface area contributed by atoms with Gasteiger partial charge in [-0.1, -0.05) is 6.07 Å². The van der Waals surface area contributed by atoms with Crippen molar-refractivity contribution in [3.05, 3.63) is 39.7 Å². The molecule has 1 aromatic rings. The van der Waals surface area contributed by atoms with Crippen LogP contribution in [-0.2, 0) is 5.75 Å². The van der Waals surface area contributed by atoms with E-state index in [1.807, 2.05) is 13.8 Å². The van der Waals surface area contributed by atoms with Crippen molar-refractivity contribution >= 4 is 17.4 Å². The smallest absolute Gasteiger partial charge is 0.304 e. The van der Waals surface area contributed by atoms with Gasteiger partial charge in [-0.2, -0.15) is 16.2 Å². The maximum atomic E-state index is 13.3. The largest absolute Gasteiger partial charge is 0.325 e. The third kappa shape index (κ3) is 4.70. The summed E-state index contributed by atoms with van der Waals surface area (Å²) in [5, 5.41) is 10.4. The van der Waals surface area contributed by atoms with Gasteiger partial charge >= 0.3 is 5.69 Å². The number of halogens is 1. The first kappa shape index (κ1) is 13.9. The summed E-state index contributed by atoms with van der Waals surface area (Å²) in [4.78, 5) is 9.70. The monoisotopic (exact) mass is 258 g/mol. The fourth-order valence-corrected chi connectivity index (χ4v) is 2.26. The molecular weight excluding hydrogens is 243 g/mol. The first-order valence-corrected chi connectivity index (χ1v) is 6.24. The standard InChI is InChI=1S/C11H15FN2O2S/c1-11(2,13)7-17-6-8-3-4-10(14(15)16)9(12)5-8/h3-5H,6-7,13H2,1-2H3. The number of nitrogens with two attached hydrogens (primary N) is 1. The zero-order chi connectivity index (χ0) is 13.1. The van der Waals surface area contributed by atoms with Crippen molar-refractivity contribution in [2.45, 2.75) is 25.1 Å². The SMILES string of the molecule is CC(C)(N)CSCc1ccc([N+](=O)[O-])c(F)c1. The molecule has 0 amide bonds. The van der Waals surface area contributed by atoms with Crippen LogP contribution < -0.4 is 5.73 Å². The normalized spacial score (nSPS) is 11.5. The molecule has 1 rings (SSSR count). The highest BCUT2D eigenvalue weighted by Gasteiger charge is 2.14. The lowest BCUT2D eigenvalue weighted by Gasteiger charge is -2.17. The predicted octanol–water partition coefficient (Wildman–Crippen LogP) is 2.70. The zero-order valence-electron chi connectivity index (χ0n) is 9.77. The third-order valence-corrected chi connectivity index (χ3v) is 3.44. The summed E-state index contributed by atoms with van der Waals surface area (Å²) in [6, 6.07) is 3.96. The van der Waals surface area contributed by atoms with E-state index in [1.54, 1.807) is 17.8 Å². The fraction of sp³-hybridized carbons (Fsp3) is 0.455. The number of hydrogen-bond donors (Lipinski definition) is 1. The van der Waals surface area contributed by atoms with Crippen LogP contribution in [0.4, 0.5) is 10.1 Å². The summed E-state index contributed by atoms with van der Waals surface area (Å²) >= 11 is 1.57. The lowest BCUT2D eigenvalue weighted by Crippen LogP contribution is -2.34. The molecule has 94 valence electrons. The molecule has 0 aliphatic carbocycles. The molecule has 0 saturated heterocycles. The van der Waals surface area contributed by atoms with Gasteiger partial charge in [0.05, 0.1) is 4.92 Å². The highest BCUT2D eigenvalue weighted by Crippen LogP contribution is 2.22. The van der Waals surface area contributed by atoms with Gasteiger partial charge in [-0.15, -0.1) is 0 Å². The summed E-state index contributed by atoms with van der Waals surface area (Å²) < 4.78 is 13.3. The van der Waals surface area contributed by atoms with Gasteiger partial charge in [0.25, 0.3) is 0 Å². The van der Waals surface area contributed by atoms with Crippen LogP contribution in [0.25, 0.3) is 0 Å². The van der Waals surface area contributed by atoms with E-state index in [1.165, 1.54) is 12.1 Å². The van der Waals surface area contributed by atoms with Gasteiger partial charge in [-0.3, -0.25) is 10.1 Å².